The third-order valence-corrected chi connectivity index (χ3v) is 4.13. The highest BCUT2D eigenvalue weighted by molar-refractivity contribution is 7.09. The second kappa shape index (κ2) is 8.15. The fraction of sp³-hybridized carbons (Fsp3) is 0.375. The Hall–Kier alpha value is -1.23. The van der Waals surface area contributed by atoms with E-state index in [2.05, 4.69) is 27.7 Å². The summed E-state index contributed by atoms with van der Waals surface area (Å²) in [5, 5.41) is 5.53. The van der Waals surface area contributed by atoms with Crippen molar-refractivity contribution in [2.75, 3.05) is 26.7 Å². The molecular weight excluding hydrogens is 271 g/mol. The minimum absolute atomic E-state index is 0.120. The van der Waals surface area contributed by atoms with Crippen LogP contribution in [0.2, 0.25) is 0 Å². The summed E-state index contributed by atoms with van der Waals surface area (Å²) in [4.78, 5) is 3.55. The Morgan fingerprint density at radius 3 is 2.75 bits per heavy atom. The van der Waals surface area contributed by atoms with Gasteiger partial charge in [-0.1, -0.05) is 24.3 Å². The first-order chi connectivity index (χ1) is 9.75. The number of halogens is 1. The van der Waals surface area contributed by atoms with Crippen LogP contribution < -0.4 is 5.32 Å². The Morgan fingerprint density at radius 2 is 2.00 bits per heavy atom. The van der Waals surface area contributed by atoms with Crippen molar-refractivity contribution in [3.8, 4) is 0 Å². The molecule has 0 saturated carbocycles. The van der Waals surface area contributed by atoms with Crippen molar-refractivity contribution in [1.29, 1.82) is 0 Å². The maximum absolute atomic E-state index is 13.5. The van der Waals surface area contributed by atoms with Gasteiger partial charge in [-0.25, -0.2) is 4.39 Å². The molecule has 1 aromatic carbocycles. The van der Waals surface area contributed by atoms with Gasteiger partial charge in [-0.05, 0) is 31.0 Å². The molecule has 1 heterocycles. The van der Waals surface area contributed by atoms with Crippen LogP contribution in [0.1, 0.15) is 10.4 Å². The molecule has 20 heavy (non-hydrogen) atoms. The van der Waals surface area contributed by atoms with Crippen molar-refractivity contribution in [3.63, 3.8) is 0 Å². The molecule has 0 aliphatic carbocycles. The predicted octanol–water partition coefficient (Wildman–Crippen LogP) is 3.15. The largest absolute Gasteiger partial charge is 0.315 e. The van der Waals surface area contributed by atoms with Gasteiger partial charge >= 0.3 is 0 Å². The second-order valence-corrected chi connectivity index (χ2v) is 5.94. The molecule has 0 bridgehead atoms. The van der Waals surface area contributed by atoms with E-state index in [1.165, 1.54) is 10.9 Å². The number of hydrogen-bond acceptors (Lipinski definition) is 3. The summed E-state index contributed by atoms with van der Waals surface area (Å²) in [7, 11) is 2.02. The summed E-state index contributed by atoms with van der Waals surface area (Å²) < 4.78 is 13.5. The van der Waals surface area contributed by atoms with Gasteiger partial charge < -0.3 is 10.2 Å². The SMILES string of the molecule is CN(CCNCCc1cccs1)Cc1ccccc1F. The van der Waals surface area contributed by atoms with Crippen LogP contribution in [0.3, 0.4) is 0 Å². The van der Waals surface area contributed by atoms with Gasteiger partial charge in [0.1, 0.15) is 5.82 Å². The second-order valence-electron chi connectivity index (χ2n) is 4.91. The molecule has 0 unspecified atom stereocenters. The molecule has 0 atom stereocenters. The lowest BCUT2D eigenvalue weighted by Gasteiger charge is -2.17. The summed E-state index contributed by atoms with van der Waals surface area (Å²) in [6.45, 7) is 3.49. The molecule has 0 radical (unpaired) electrons. The van der Waals surface area contributed by atoms with Gasteiger partial charge in [-0.3, -0.25) is 0 Å². The average molecular weight is 292 g/mol. The van der Waals surface area contributed by atoms with Crippen LogP contribution in [-0.4, -0.2) is 31.6 Å². The Morgan fingerprint density at radius 1 is 1.15 bits per heavy atom. The van der Waals surface area contributed by atoms with E-state index in [4.69, 9.17) is 0 Å². The van der Waals surface area contributed by atoms with Gasteiger partial charge in [0.15, 0.2) is 0 Å². The van der Waals surface area contributed by atoms with Gasteiger partial charge in [-0.2, -0.15) is 0 Å². The first kappa shape index (κ1) is 15.2. The molecule has 1 aromatic heterocycles. The number of rotatable bonds is 8. The van der Waals surface area contributed by atoms with Crippen LogP contribution in [0.4, 0.5) is 4.39 Å². The van der Waals surface area contributed by atoms with Crippen LogP contribution in [0.5, 0.6) is 0 Å². The van der Waals surface area contributed by atoms with E-state index in [-0.39, 0.29) is 5.82 Å². The minimum atomic E-state index is -0.120. The molecule has 0 amide bonds. The normalized spacial score (nSPS) is 11.2. The van der Waals surface area contributed by atoms with Crippen LogP contribution in [-0.2, 0) is 13.0 Å². The molecule has 2 nitrogen and oxygen atoms in total. The average Bonchev–Trinajstić information content (AvgIpc) is 2.94. The summed E-state index contributed by atoms with van der Waals surface area (Å²) >= 11 is 1.80. The fourth-order valence-corrected chi connectivity index (χ4v) is 2.77. The number of nitrogens with zero attached hydrogens (tertiary/aromatic N) is 1. The van der Waals surface area contributed by atoms with E-state index in [9.17, 15) is 4.39 Å². The number of likely N-dealkylation sites (N-methyl/N-ethyl adjacent to an activating group) is 1. The van der Waals surface area contributed by atoms with E-state index >= 15 is 0 Å². The predicted molar refractivity (Wildman–Crippen MR) is 83.6 cm³/mol. The molecule has 4 heteroatoms. The molecule has 0 aliphatic rings. The number of thiophene rings is 1. The van der Waals surface area contributed by atoms with Crippen LogP contribution >= 0.6 is 11.3 Å². The molecule has 0 spiro atoms. The lowest BCUT2D eigenvalue weighted by molar-refractivity contribution is 0.319. The van der Waals surface area contributed by atoms with Gasteiger partial charge in [0.05, 0.1) is 0 Å². The lowest BCUT2D eigenvalue weighted by Crippen LogP contribution is -2.30. The van der Waals surface area contributed by atoms with Gasteiger partial charge in [0, 0.05) is 36.6 Å². The van der Waals surface area contributed by atoms with E-state index in [1.807, 2.05) is 19.2 Å². The maximum atomic E-state index is 13.5. The van der Waals surface area contributed by atoms with Crippen molar-refractivity contribution in [3.05, 3.63) is 58.0 Å². The maximum Gasteiger partial charge on any atom is 0.127 e. The van der Waals surface area contributed by atoms with Gasteiger partial charge in [-0.15, -0.1) is 11.3 Å². The molecule has 1 N–H and O–H groups in total. The van der Waals surface area contributed by atoms with Gasteiger partial charge in [0.25, 0.3) is 0 Å². The molecule has 2 rings (SSSR count). The number of hydrogen-bond donors (Lipinski definition) is 1. The molecule has 0 aliphatic heterocycles. The van der Waals surface area contributed by atoms with Crippen molar-refractivity contribution < 1.29 is 4.39 Å². The number of nitrogens with one attached hydrogen (secondary N) is 1. The highest BCUT2D eigenvalue weighted by atomic mass is 32.1. The minimum Gasteiger partial charge on any atom is -0.315 e. The van der Waals surface area contributed by atoms with Crippen LogP contribution in [0.15, 0.2) is 41.8 Å². The smallest absolute Gasteiger partial charge is 0.127 e. The molecule has 0 fully saturated rings. The zero-order valence-corrected chi connectivity index (χ0v) is 12.6. The zero-order chi connectivity index (χ0) is 14.2. The molecular formula is C16H21FN2S. The summed E-state index contributed by atoms with van der Waals surface area (Å²) in [6.07, 6.45) is 1.08. The highest BCUT2D eigenvalue weighted by Crippen LogP contribution is 2.09. The highest BCUT2D eigenvalue weighted by Gasteiger charge is 2.04. The van der Waals surface area contributed by atoms with Crippen molar-refractivity contribution in [2.45, 2.75) is 13.0 Å². The third kappa shape index (κ3) is 5.04. The molecule has 0 saturated heterocycles. The summed E-state index contributed by atoms with van der Waals surface area (Å²) in [5.74, 6) is -0.120. The van der Waals surface area contributed by atoms with E-state index in [0.717, 1.165) is 31.6 Å². The Labute approximate surface area is 124 Å². The van der Waals surface area contributed by atoms with Crippen molar-refractivity contribution in [1.82, 2.24) is 10.2 Å². The Bertz CT molecular complexity index is 499. The third-order valence-electron chi connectivity index (χ3n) is 3.20. The monoisotopic (exact) mass is 292 g/mol. The summed E-state index contributed by atoms with van der Waals surface area (Å²) in [5.41, 5.74) is 0.758. The Balaban J connectivity index is 1.60. The topological polar surface area (TPSA) is 15.3 Å². The van der Waals surface area contributed by atoms with E-state index < -0.39 is 0 Å². The molecule has 108 valence electrons. The molecule has 2 aromatic rings. The van der Waals surface area contributed by atoms with E-state index in [1.54, 1.807) is 17.4 Å². The van der Waals surface area contributed by atoms with Gasteiger partial charge in [0.2, 0.25) is 0 Å². The van der Waals surface area contributed by atoms with E-state index in [0.29, 0.717) is 6.54 Å². The van der Waals surface area contributed by atoms with Crippen LogP contribution in [0, 0.1) is 5.82 Å². The van der Waals surface area contributed by atoms with Crippen molar-refractivity contribution >= 4 is 11.3 Å². The van der Waals surface area contributed by atoms with Crippen LogP contribution in [0.25, 0.3) is 0 Å². The van der Waals surface area contributed by atoms with Crippen molar-refractivity contribution in [2.24, 2.45) is 0 Å². The first-order valence-corrected chi connectivity index (χ1v) is 7.79. The first-order valence-electron chi connectivity index (χ1n) is 6.91. The standard InChI is InChI=1S/C16H21FN2S/c1-19(13-14-5-2-3-7-16(14)17)11-10-18-9-8-15-6-4-12-20-15/h2-7,12,18H,8-11,13H2,1H3. The Kier molecular flexibility index (Phi) is 6.18. The quantitative estimate of drug-likeness (QED) is 0.752. The lowest BCUT2D eigenvalue weighted by atomic mass is 10.2. The number of benzene rings is 1. The fourth-order valence-electron chi connectivity index (χ4n) is 2.06. The summed E-state index contributed by atoms with van der Waals surface area (Å²) in [6, 6.07) is 11.2. The zero-order valence-electron chi connectivity index (χ0n) is 11.8.